The quantitative estimate of drug-likeness (QED) is 0.314. The van der Waals surface area contributed by atoms with Gasteiger partial charge in [-0.2, -0.15) is 0 Å². The summed E-state index contributed by atoms with van der Waals surface area (Å²) < 4.78 is 0. The van der Waals surface area contributed by atoms with E-state index < -0.39 is 0 Å². The highest BCUT2D eigenvalue weighted by molar-refractivity contribution is 14.0. The van der Waals surface area contributed by atoms with Gasteiger partial charge >= 0.3 is 0 Å². The molecule has 7 heteroatoms. The second kappa shape index (κ2) is 12.6. The smallest absolute Gasteiger partial charge is 0.191 e. The van der Waals surface area contributed by atoms with E-state index in [0.29, 0.717) is 12.0 Å². The lowest BCUT2D eigenvalue weighted by Gasteiger charge is -2.39. The van der Waals surface area contributed by atoms with Crippen molar-refractivity contribution >= 4 is 41.3 Å². The number of hydrogen-bond acceptors (Lipinski definition) is 4. The number of nitrogens with zero attached hydrogens (tertiary/aromatic N) is 3. The molecular formula is C23H36IN5S. The zero-order chi connectivity index (χ0) is 20.6. The van der Waals surface area contributed by atoms with Crippen LogP contribution in [0.1, 0.15) is 34.9 Å². The van der Waals surface area contributed by atoms with Crippen LogP contribution in [0.5, 0.6) is 0 Å². The van der Waals surface area contributed by atoms with Gasteiger partial charge in [0, 0.05) is 37.6 Å². The molecule has 2 unspecified atom stereocenters. The van der Waals surface area contributed by atoms with Crippen LogP contribution in [0.3, 0.4) is 0 Å². The van der Waals surface area contributed by atoms with E-state index in [1.54, 1.807) is 0 Å². The van der Waals surface area contributed by atoms with Crippen molar-refractivity contribution in [3.05, 3.63) is 57.8 Å². The number of halogens is 1. The molecule has 1 aromatic carbocycles. The van der Waals surface area contributed by atoms with E-state index in [1.165, 1.54) is 35.4 Å². The van der Waals surface area contributed by atoms with Gasteiger partial charge in [-0.05, 0) is 69.0 Å². The number of hydrogen-bond donors (Lipinski definition) is 2. The van der Waals surface area contributed by atoms with E-state index in [1.807, 2.05) is 18.4 Å². The second-order valence-corrected chi connectivity index (χ2v) is 9.19. The van der Waals surface area contributed by atoms with Crippen molar-refractivity contribution < 1.29 is 0 Å². The zero-order valence-corrected chi connectivity index (χ0v) is 21.7. The second-order valence-electron chi connectivity index (χ2n) is 8.21. The molecular weight excluding hydrogens is 505 g/mol. The van der Waals surface area contributed by atoms with Crippen LogP contribution in [0.25, 0.3) is 0 Å². The summed E-state index contributed by atoms with van der Waals surface area (Å²) in [5.41, 5.74) is 2.61. The average molecular weight is 542 g/mol. The Morgan fingerprint density at radius 3 is 2.70 bits per heavy atom. The summed E-state index contributed by atoms with van der Waals surface area (Å²) in [6.07, 6.45) is 2.51. The predicted molar refractivity (Wildman–Crippen MR) is 140 cm³/mol. The van der Waals surface area contributed by atoms with Crippen molar-refractivity contribution in [3.63, 3.8) is 0 Å². The van der Waals surface area contributed by atoms with Crippen LogP contribution in [0, 0.1) is 5.92 Å². The molecule has 0 spiro atoms. The molecule has 3 rings (SSSR count). The first kappa shape index (κ1) is 25.1. The van der Waals surface area contributed by atoms with Crippen molar-refractivity contribution in [2.45, 2.75) is 32.0 Å². The van der Waals surface area contributed by atoms with Gasteiger partial charge in [0.1, 0.15) is 0 Å². The molecule has 1 fully saturated rings. The minimum absolute atomic E-state index is 0. The Labute approximate surface area is 203 Å². The molecule has 0 saturated carbocycles. The van der Waals surface area contributed by atoms with Crippen LogP contribution >= 0.6 is 35.3 Å². The Morgan fingerprint density at radius 1 is 1.20 bits per heavy atom. The minimum Gasteiger partial charge on any atom is -0.356 e. The van der Waals surface area contributed by atoms with Gasteiger partial charge in [0.15, 0.2) is 5.96 Å². The maximum atomic E-state index is 4.44. The number of benzene rings is 1. The summed E-state index contributed by atoms with van der Waals surface area (Å²) in [6, 6.07) is 13.7. The van der Waals surface area contributed by atoms with Crippen LogP contribution in [0.2, 0.25) is 0 Å². The topological polar surface area (TPSA) is 42.9 Å². The van der Waals surface area contributed by atoms with Crippen LogP contribution in [0.15, 0.2) is 46.8 Å². The summed E-state index contributed by atoms with van der Waals surface area (Å²) in [7, 11) is 8.30. The molecule has 2 heterocycles. The maximum Gasteiger partial charge on any atom is 0.191 e. The molecule has 1 aliphatic rings. The molecule has 2 aromatic rings. The van der Waals surface area contributed by atoms with Crippen molar-refractivity contribution in [1.29, 1.82) is 0 Å². The van der Waals surface area contributed by atoms with E-state index in [9.17, 15) is 0 Å². The Bertz CT molecular complexity index is 778. The molecule has 1 saturated heterocycles. The monoisotopic (exact) mass is 541 g/mol. The number of likely N-dealkylation sites (tertiary alicyclic amines) is 1. The molecule has 1 aliphatic heterocycles. The summed E-state index contributed by atoms with van der Waals surface area (Å²) >= 11 is 1.87. The Kier molecular flexibility index (Phi) is 10.6. The van der Waals surface area contributed by atoms with Crippen LogP contribution in [-0.4, -0.2) is 57.0 Å². The highest BCUT2D eigenvalue weighted by Crippen LogP contribution is 2.36. The van der Waals surface area contributed by atoms with Gasteiger partial charge in [0.2, 0.25) is 0 Å². The number of nitrogens with one attached hydrogen (secondary N) is 2. The van der Waals surface area contributed by atoms with E-state index >= 15 is 0 Å². The number of thiophene rings is 1. The molecule has 166 valence electrons. The third-order valence-corrected chi connectivity index (χ3v) is 6.49. The Balaban J connectivity index is 0.00000320. The highest BCUT2D eigenvalue weighted by atomic mass is 127. The normalized spacial score (nSPS) is 20.1. The first-order valence-electron chi connectivity index (χ1n) is 10.5. The van der Waals surface area contributed by atoms with Crippen LogP contribution in [0.4, 0.5) is 0 Å². The van der Waals surface area contributed by atoms with Gasteiger partial charge in [0.05, 0.1) is 0 Å². The van der Waals surface area contributed by atoms with Crippen molar-refractivity contribution in [1.82, 2.24) is 20.4 Å². The number of rotatable bonds is 7. The Morgan fingerprint density at radius 2 is 2.00 bits per heavy atom. The molecule has 0 radical (unpaired) electrons. The number of aliphatic imine (C=N–C) groups is 1. The van der Waals surface area contributed by atoms with Gasteiger partial charge in [-0.1, -0.05) is 30.3 Å². The van der Waals surface area contributed by atoms with Gasteiger partial charge in [-0.3, -0.25) is 9.89 Å². The van der Waals surface area contributed by atoms with Crippen molar-refractivity contribution in [2.24, 2.45) is 10.9 Å². The molecule has 0 bridgehead atoms. The first-order valence-corrected chi connectivity index (χ1v) is 11.4. The van der Waals surface area contributed by atoms with E-state index in [-0.39, 0.29) is 24.0 Å². The molecule has 0 amide bonds. The third kappa shape index (κ3) is 7.21. The van der Waals surface area contributed by atoms with Gasteiger partial charge in [-0.15, -0.1) is 35.3 Å². The van der Waals surface area contributed by atoms with Gasteiger partial charge in [0.25, 0.3) is 0 Å². The first-order chi connectivity index (χ1) is 14.1. The molecule has 5 nitrogen and oxygen atoms in total. The zero-order valence-electron chi connectivity index (χ0n) is 18.6. The molecule has 1 aromatic heterocycles. The van der Waals surface area contributed by atoms with E-state index in [2.05, 4.69) is 88.3 Å². The summed E-state index contributed by atoms with van der Waals surface area (Å²) in [6.45, 7) is 3.85. The summed E-state index contributed by atoms with van der Waals surface area (Å²) in [5.74, 6) is 1.47. The van der Waals surface area contributed by atoms with E-state index in [4.69, 9.17) is 0 Å². The standard InChI is InChI=1S/C23H35N5S.HI/c1-24-23(25-15-18-8-5-9-19(14-18)17-27(2)3)26-16-20-10-6-12-28(4)22(20)21-11-7-13-29-21;/h5,7-9,11,13-14,20,22H,6,10,12,15-17H2,1-4H3,(H2,24,25,26);1H. The molecule has 2 atom stereocenters. The van der Waals surface area contributed by atoms with Crippen molar-refractivity contribution in [3.8, 4) is 0 Å². The fourth-order valence-corrected chi connectivity index (χ4v) is 5.20. The number of piperidine rings is 1. The van der Waals surface area contributed by atoms with E-state index in [0.717, 1.165) is 25.6 Å². The largest absolute Gasteiger partial charge is 0.356 e. The molecule has 0 aliphatic carbocycles. The third-order valence-electron chi connectivity index (χ3n) is 5.55. The average Bonchev–Trinajstić information content (AvgIpc) is 3.22. The maximum absolute atomic E-state index is 4.44. The van der Waals surface area contributed by atoms with Crippen molar-refractivity contribution in [2.75, 3.05) is 41.3 Å². The van der Waals surface area contributed by atoms with Crippen LogP contribution < -0.4 is 10.6 Å². The Hall–Kier alpha value is -1.16. The fraction of sp³-hybridized carbons (Fsp3) is 0.522. The highest BCUT2D eigenvalue weighted by Gasteiger charge is 2.31. The lowest BCUT2D eigenvalue weighted by atomic mass is 9.88. The predicted octanol–water partition coefficient (Wildman–Crippen LogP) is 4.18. The fourth-order valence-electron chi connectivity index (χ4n) is 4.22. The van der Waals surface area contributed by atoms with Crippen LogP contribution in [-0.2, 0) is 13.1 Å². The summed E-state index contributed by atoms with van der Waals surface area (Å²) in [4.78, 5) is 10.6. The number of guanidine groups is 1. The lowest BCUT2D eigenvalue weighted by molar-refractivity contribution is 0.125. The summed E-state index contributed by atoms with van der Waals surface area (Å²) in [5, 5.41) is 9.25. The molecule has 30 heavy (non-hydrogen) atoms. The minimum atomic E-state index is 0. The SMILES string of the molecule is CN=C(NCc1cccc(CN(C)C)c1)NCC1CCCN(C)C1c1cccs1.I. The van der Waals surface area contributed by atoms with Gasteiger partial charge in [-0.25, -0.2) is 0 Å². The molecule has 2 N–H and O–H groups in total. The van der Waals surface area contributed by atoms with Gasteiger partial charge < -0.3 is 15.5 Å². The lowest BCUT2D eigenvalue weighted by Crippen LogP contribution is -2.44.